The van der Waals surface area contributed by atoms with Gasteiger partial charge in [-0.1, -0.05) is 31.2 Å². The second-order valence-corrected chi connectivity index (χ2v) is 6.36. The number of nitrogens with one attached hydrogen (secondary N) is 1. The number of carboxylic acids is 1. The van der Waals surface area contributed by atoms with E-state index in [0.717, 1.165) is 6.42 Å². The molecule has 0 saturated heterocycles. The lowest BCUT2D eigenvalue weighted by molar-refractivity contribution is -0.120. The quantitative estimate of drug-likeness (QED) is 0.825. The lowest BCUT2D eigenvalue weighted by atomic mass is 10.0. The zero-order valence-corrected chi connectivity index (χ0v) is 13.2. The minimum absolute atomic E-state index is 0.0915. The third kappa shape index (κ3) is 4.70. The van der Waals surface area contributed by atoms with Gasteiger partial charge >= 0.3 is 5.97 Å². The zero-order valence-electron chi connectivity index (χ0n) is 12.4. The molecule has 1 amide bonds. The predicted molar refractivity (Wildman–Crippen MR) is 87.3 cm³/mol. The first-order valence-electron chi connectivity index (χ1n) is 7.16. The number of aromatic carboxylic acids is 1. The highest BCUT2D eigenvalue weighted by Crippen LogP contribution is 2.14. The number of rotatable bonds is 7. The molecule has 1 aromatic heterocycles. The normalized spacial score (nSPS) is 11.9. The number of thiophene rings is 1. The van der Waals surface area contributed by atoms with E-state index in [1.54, 1.807) is 29.5 Å². The highest BCUT2D eigenvalue weighted by molar-refractivity contribution is 7.09. The monoisotopic (exact) mass is 317 g/mol. The molecular weight excluding hydrogens is 298 g/mol. The van der Waals surface area contributed by atoms with E-state index in [1.165, 1.54) is 10.9 Å². The number of benzene rings is 1. The molecule has 4 nitrogen and oxygen atoms in total. The molecule has 0 bridgehead atoms. The van der Waals surface area contributed by atoms with Gasteiger partial charge in [0.2, 0.25) is 5.91 Å². The number of carbonyl (C=O) groups excluding carboxylic acids is 1. The van der Waals surface area contributed by atoms with Gasteiger partial charge in [0.05, 0.1) is 12.0 Å². The summed E-state index contributed by atoms with van der Waals surface area (Å²) in [6.07, 6.45) is 1.03. The molecule has 1 aromatic carbocycles. The molecule has 1 heterocycles. The maximum atomic E-state index is 12.0. The van der Waals surface area contributed by atoms with E-state index in [2.05, 4.69) is 18.3 Å². The van der Waals surface area contributed by atoms with Crippen LogP contribution in [0.5, 0.6) is 0 Å². The van der Waals surface area contributed by atoms with E-state index in [1.807, 2.05) is 11.4 Å². The lowest BCUT2D eigenvalue weighted by Gasteiger charge is -2.12. The van der Waals surface area contributed by atoms with Crippen LogP contribution in [0.15, 0.2) is 41.8 Å². The van der Waals surface area contributed by atoms with Crippen LogP contribution in [0, 0.1) is 5.92 Å². The molecule has 1 atom stereocenters. The van der Waals surface area contributed by atoms with Crippen molar-refractivity contribution in [1.82, 2.24) is 5.32 Å². The van der Waals surface area contributed by atoms with Gasteiger partial charge < -0.3 is 10.4 Å². The molecule has 0 aliphatic carbocycles. The summed E-state index contributed by atoms with van der Waals surface area (Å²) < 4.78 is 0. The third-order valence-corrected chi connectivity index (χ3v) is 4.27. The molecule has 2 N–H and O–H groups in total. The molecule has 0 aliphatic heterocycles. The number of carboxylic acid groups (broad SMARTS) is 1. The van der Waals surface area contributed by atoms with Crippen LogP contribution in [0.25, 0.3) is 0 Å². The zero-order chi connectivity index (χ0) is 15.9. The van der Waals surface area contributed by atoms with Gasteiger partial charge in [0, 0.05) is 11.4 Å². The van der Waals surface area contributed by atoms with Crippen LogP contribution in [0.4, 0.5) is 0 Å². The number of hydrogen-bond donors (Lipinski definition) is 2. The molecule has 0 spiro atoms. The van der Waals surface area contributed by atoms with E-state index >= 15 is 0 Å². The molecule has 5 heteroatoms. The van der Waals surface area contributed by atoms with Gasteiger partial charge in [0.15, 0.2) is 0 Å². The summed E-state index contributed by atoms with van der Waals surface area (Å²) in [6, 6.07) is 10.7. The van der Waals surface area contributed by atoms with Crippen molar-refractivity contribution >= 4 is 23.2 Å². The van der Waals surface area contributed by atoms with Gasteiger partial charge in [0.1, 0.15) is 0 Å². The smallest absolute Gasteiger partial charge is 0.335 e. The summed E-state index contributed by atoms with van der Waals surface area (Å²) in [6.45, 7) is 2.68. The van der Waals surface area contributed by atoms with Crippen LogP contribution in [0.1, 0.15) is 27.7 Å². The fourth-order valence-corrected chi connectivity index (χ4v) is 3.12. The minimum Gasteiger partial charge on any atom is -0.478 e. The van der Waals surface area contributed by atoms with Crippen LogP contribution in [0.2, 0.25) is 0 Å². The predicted octanol–water partition coefficient (Wildman–Crippen LogP) is 2.98. The van der Waals surface area contributed by atoms with Gasteiger partial charge in [-0.3, -0.25) is 4.79 Å². The minimum atomic E-state index is -1.01. The second kappa shape index (κ2) is 7.75. The van der Waals surface area contributed by atoms with Gasteiger partial charge in [-0.2, -0.15) is 0 Å². The van der Waals surface area contributed by atoms with Crippen LogP contribution in [0.3, 0.4) is 0 Å². The van der Waals surface area contributed by atoms with E-state index in [4.69, 9.17) is 5.11 Å². The molecule has 0 aliphatic rings. The Kier molecular flexibility index (Phi) is 5.72. The van der Waals surface area contributed by atoms with Crippen molar-refractivity contribution in [2.75, 3.05) is 6.54 Å². The summed E-state index contributed by atoms with van der Waals surface area (Å²) in [5, 5.41) is 14.0. The standard InChI is InChI=1S/C17H19NO3S/c1-12(9-14-6-4-8-22-14)11-18-16(19)10-13-5-2-3-7-15(13)17(20)21/h2-8,12H,9-11H2,1H3,(H,18,19)(H,20,21). The fraction of sp³-hybridized carbons (Fsp3) is 0.294. The van der Waals surface area contributed by atoms with Crippen LogP contribution in [-0.4, -0.2) is 23.5 Å². The number of carbonyl (C=O) groups is 2. The molecule has 2 aromatic rings. The van der Waals surface area contributed by atoms with Gasteiger partial charge in [-0.05, 0) is 35.4 Å². The van der Waals surface area contributed by atoms with Crippen LogP contribution in [-0.2, 0) is 17.6 Å². The second-order valence-electron chi connectivity index (χ2n) is 5.33. The fourth-order valence-electron chi connectivity index (χ4n) is 2.25. The van der Waals surface area contributed by atoms with E-state index in [-0.39, 0.29) is 17.9 Å². The molecular formula is C17H19NO3S. The Morgan fingerprint density at radius 1 is 1.23 bits per heavy atom. The Hall–Kier alpha value is -2.14. The van der Waals surface area contributed by atoms with Crippen molar-refractivity contribution < 1.29 is 14.7 Å². The van der Waals surface area contributed by atoms with Crippen molar-refractivity contribution in [2.24, 2.45) is 5.92 Å². The van der Waals surface area contributed by atoms with Crippen molar-refractivity contribution in [3.63, 3.8) is 0 Å². The van der Waals surface area contributed by atoms with Gasteiger partial charge in [-0.25, -0.2) is 4.79 Å². The highest BCUT2D eigenvalue weighted by atomic mass is 32.1. The summed E-state index contributed by atoms with van der Waals surface area (Å²) in [7, 11) is 0. The van der Waals surface area contributed by atoms with Crippen molar-refractivity contribution in [3.05, 3.63) is 57.8 Å². The highest BCUT2D eigenvalue weighted by Gasteiger charge is 2.13. The van der Waals surface area contributed by atoms with Crippen molar-refractivity contribution in [3.8, 4) is 0 Å². The Morgan fingerprint density at radius 3 is 2.68 bits per heavy atom. The maximum Gasteiger partial charge on any atom is 0.335 e. The van der Waals surface area contributed by atoms with Crippen molar-refractivity contribution in [2.45, 2.75) is 19.8 Å². The molecule has 0 radical (unpaired) electrons. The summed E-state index contributed by atoms with van der Waals surface area (Å²) >= 11 is 1.72. The first-order chi connectivity index (χ1) is 10.6. The van der Waals surface area contributed by atoms with Crippen molar-refractivity contribution in [1.29, 1.82) is 0 Å². The number of amides is 1. The molecule has 116 valence electrons. The molecule has 1 unspecified atom stereocenters. The molecule has 22 heavy (non-hydrogen) atoms. The largest absolute Gasteiger partial charge is 0.478 e. The lowest BCUT2D eigenvalue weighted by Crippen LogP contribution is -2.30. The average Bonchev–Trinajstić information content (AvgIpc) is 2.98. The van der Waals surface area contributed by atoms with Crippen LogP contribution < -0.4 is 5.32 Å². The Labute approximate surface area is 133 Å². The first-order valence-corrected chi connectivity index (χ1v) is 8.04. The van der Waals surface area contributed by atoms with Gasteiger partial charge in [-0.15, -0.1) is 11.3 Å². The SMILES string of the molecule is CC(CNC(=O)Cc1ccccc1C(=O)O)Cc1cccs1. The van der Waals surface area contributed by atoms with Crippen LogP contribution >= 0.6 is 11.3 Å². The molecule has 2 rings (SSSR count). The Morgan fingerprint density at radius 2 is 2.00 bits per heavy atom. The molecule has 0 saturated carbocycles. The average molecular weight is 317 g/mol. The van der Waals surface area contributed by atoms with E-state index in [0.29, 0.717) is 18.0 Å². The first kappa shape index (κ1) is 16.2. The summed E-state index contributed by atoms with van der Waals surface area (Å²) in [4.78, 5) is 24.4. The topological polar surface area (TPSA) is 66.4 Å². The number of hydrogen-bond acceptors (Lipinski definition) is 3. The van der Waals surface area contributed by atoms with E-state index in [9.17, 15) is 9.59 Å². The van der Waals surface area contributed by atoms with Gasteiger partial charge in [0.25, 0.3) is 0 Å². The third-order valence-electron chi connectivity index (χ3n) is 3.38. The Bertz CT molecular complexity index is 637. The summed E-state index contributed by atoms with van der Waals surface area (Å²) in [5.74, 6) is -0.807. The van der Waals surface area contributed by atoms with E-state index < -0.39 is 5.97 Å². The summed E-state index contributed by atoms with van der Waals surface area (Å²) in [5.41, 5.74) is 0.725. The maximum absolute atomic E-state index is 12.0. The Balaban J connectivity index is 1.84. The molecule has 0 fully saturated rings.